The van der Waals surface area contributed by atoms with Crippen LogP contribution in [-0.4, -0.2) is 50.8 Å². The van der Waals surface area contributed by atoms with Crippen molar-refractivity contribution in [3.8, 4) is 0 Å². The number of carbonyl (C=O) groups is 1. The third-order valence-electron chi connectivity index (χ3n) is 3.66. The lowest BCUT2D eigenvalue weighted by molar-refractivity contribution is 0.166. The minimum absolute atomic E-state index is 0.0281. The third-order valence-corrected chi connectivity index (χ3v) is 3.66. The van der Waals surface area contributed by atoms with E-state index in [9.17, 15) is 4.79 Å². The van der Waals surface area contributed by atoms with E-state index in [-0.39, 0.29) is 12.1 Å². The van der Waals surface area contributed by atoms with E-state index in [2.05, 4.69) is 36.3 Å². The van der Waals surface area contributed by atoms with Gasteiger partial charge in [-0.3, -0.25) is 0 Å². The fraction of sp³-hybridized carbons (Fsp3) is 0.533. The second-order valence-corrected chi connectivity index (χ2v) is 5.21. The number of likely N-dealkylation sites (N-methyl/N-ethyl adjacent to an activating group) is 1. The molecule has 2 rings (SSSR count). The molecule has 1 aliphatic rings. The minimum atomic E-state index is -0.0281. The molecule has 0 fully saturated rings. The number of anilines is 1. The maximum Gasteiger partial charge on any atom is 0.318 e. The molecule has 1 aromatic rings. The molecule has 1 heterocycles. The van der Waals surface area contributed by atoms with Gasteiger partial charge < -0.3 is 19.9 Å². The van der Waals surface area contributed by atoms with Crippen molar-refractivity contribution in [2.24, 2.45) is 0 Å². The minimum Gasteiger partial charge on any atom is -0.383 e. The Hall–Kier alpha value is -1.75. The molecule has 110 valence electrons. The van der Waals surface area contributed by atoms with Gasteiger partial charge in [0, 0.05) is 45.5 Å². The van der Waals surface area contributed by atoms with Gasteiger partial charge in [0.2, 0.25) is 0 Å². The van der Waals surface area contributed by atoms with Crippen molar-refractivity contribution in [2.75, 3.05) is 38.8 Å². The first kappa shape index (κ1) is 14.7. The topological polar surface area (TPSA) is 44.8 Å². The number of hydrogen-bond donors (Lipinski definition) is 1. The molecule has 1 aromatic carbocycles. The van der Waals surface area contributed by atoms with E-state index in [1.165, 1.54) is 11.3 Å². The zero-order valence-corrected chi connectivity index (χ0v) is 12.4. The summed E-state index contributed by atoms with van der Waals surface area (Å²) in [6, 6.07) is 8.38. The SMILES string of the molecule is COCCNC(=O)N1Cc2ccccc2N(C)CC1C. The molecule has 2 amide bonds. The van der Waals surface area contributed by atoms with E-state index >= 15 is 0 Å². The van der Waals surface area contributed by atoms with Gasteiger partial charge in [0.05, 0.1) is 6.61 Å². The predicted octanol–water partition coefficient (Wildman–Crippen LogP) is 1.68. The largest absolute Gasteiger partial charge is 0.383 e. The Kier molecular flexibility index (Phi) is 4.84. The Morgan fingerprint density at radius 3 is 2.95 bits per heavy atom. The Balaban J connectivity index is 2.12. The highest BCUT2D eigenvalue weighted by molar-refractivity contribution is 5.75. The fourth-order valence-corrected chi connectivity index (χ4v) is 2.58. The molecule has 1 aliphatic heterocycles. The maximum atomic E-state index is 12.3. The van der Waals surface area contributed by atoms with Crippen molar-refractivity contribution in [3.63, 3.8) is 0 Å². The van der Waals surface area contributed by atoms with Crippen LogP contribution in [-0.2, 0) is 11.3 Å². The summed E-state index contributed by atoms with van der Waals surface area (Å²) >= 11 is 0. The van der Waals surface area contributed by atoms with E-state index in [1.54, 1.807) is 7.11 Å². The molecule has 1 N–H and O–H groups in total. The molecule has 0 saturated carbocycles. The summed E-state index contributed by atoms with van der Waals surface area (Å²) in [5, 5.41) is 2.90. The van der Waals surface area contributed by atoms with Gasteiger partial charge in [0.15, 0.2) is 0 Å². The number of nitrogens with one attached hydrogen (secondary N) is 1. The van der Waals surface area contributed by atoms with Gasteiger partial charge in [0.1, 0.15) is 0 Å². The number of urea groups is 1. The summed E-state index contributed by atoms with van der Waals surface area (Å²) < 4.78 is 4.96. The number of nitrogens with zero attached hydrogens (tertiary/aromatic N) is 2. The van der Waals surface area contributed by atoms with Crippen LogP contribution < -0.4 is 10.2 Å². The molecule has 0 aromatic heterocycles. The van der Waals surface area contributed by atoms with E-state index in [0.29, 0.717) is 19.7 Å². The average molecular weight is 277 g/mol. The summed E-state index contributed by atoms with van der Waals surface area (Å²) in [6.07, 6.45) is 0. The summed E-state index contributed by atoms with van der Waals surface area (Å²) in [4.78, 5) is 16.4. The number of amides is 2. The number of fused-ring (bicyclic) bond motifs is 1. The van der Waals surface area contributed by atoms with Crippen LogP contribution in [0.3, 0.4) is 0 Å². The van der Waals surface area contributed by atoms with E-state index in [1.807, 2.05) is 17.0 Å². The quantitative estimate of drug-likeness (QED) is 0.855. The summed E-state index contributed by atoms with van der Waals surface area (Å²) in [5.41, 5.74) is 2.38. The van der Waals surface area contributed by atoms with Crippen molar-refractivity contribution in [3.05, 3.63) is 29.8 Å². The lowest BCUT2D eigenvalue weighted by Crippen LogP contribution is -2.47. The Bertz CT molecular complexity index is 464. The smallest absolute Gasteiger partial charge is 0.318 e. The monoisotopic (exact) mass is 277 g/mol. The second-order valence-electron chi connectivity index (χ2n) is 5.21. The predicted molar refractivity (Wildman–Crippen MR) is 80.0 cm³/mol. The Labute approximate surface area is 120 Å². The number of benzene rings is 1. The normalized spacial score (nSPS) is 18.4. The maximum absolute atomic E-state index is 12.3. The molecule has 0 aliphatic carbocycles. The molecule has 0 saturated heterocycles. The van der Waals surface area contributed by atoms with Gasteiger partial charge >= 0.3 is 6.03 Å². The zero-order valence-electron chi connectivity index (χ0n) is 12.4. The van der Waals surface area contributed by atoms with Crippen LogP contribution in [0.2, 0.25) is 0 Å². The molecule has 5 nitrogen and oxygen atoms in total. The number of hydrogen-bond acceptors (Lipinski definition) is 3. The number of para-hydroxylation sites is 1. The van der Waals surface area contributed by atoms with Crippen LogP contribution in [0.4, 0.5) is 10.5 Å². The molecular weight excluding hydrogens is 254 g/mol. The lowest BCUT2D eigenvalue weighted by atomic mass is 10.1. The summed E-state index contributed by atoms with van der Waals surface area (Å²) in [7, 11) is 3.70. The van der Waals surface area contributed by atoms with Gasteiger partial charge in [-0.2, -0.15) is 0 Å². The number of methoxy groups -OCH3 is 1. The highest BCUT2D eigenvalue weighted by atomic mass is 16.5. The van der Waals surface area contributed by atoms with Gasteiger partial charge in [-0.1, -0.05) is 18.2 Å². The third kappa shape index (κ3) is 3.22. The molecule has 0 radical (unpaired) electrons. The van der Waals surface area contributed by atoms with Crippen molar-refractivity contribution in [1.29, 1.82) is 0 Å². The van der Waals surface area contributed by atoms with Crippen LogP contribution in [0.15, 0.2) is 24.3 Å². The van der Waals surface area contributed by atoms with E-state index < -0.39 is 0 Å². The molecule has 0 spiro atoms. The van der Waals surface area contributed by atoms with Crippen molar-refractivity contribution < 1.29 is 9.53 Å². The fourth-order valence-electron chi connectivity index (χ4n) is 2.58. The zero-order chi connectivity index (χ0) is 14.5. The summed E-state index contributed by atoms with van der Waals surface area (Å²) in [5.74, 6) is 0. The van der Waals surface area contributed by atoms with Crippen LogP contribution in [0, 0.1) is 0 Å². The molecular formula is C15H23N3O2. The molecule has 1 unspecified atom stereocenters. The first-order valence-electron chi connectivity index (χ1n) is 6.96. The van der Waals surface area contributed by atoms with E-state index in [4.69, 9.17) is 4.74 Å². The van der Waals surface area contributed by atoms with E-state index in [0.717, 1.165) is 6.54 Å². The molecule has 20 heavy (non-hydrogen) atoms. The summed E-state index contributed by atoms with van der Waals surface area (Å²) in [6.45, 7) is 4.62. The van der Waals surface area contributed by atoms with Crippen LogP contribution in [0.1, 0.15) is 12.5 Å². The van der Waals surface area contributed by atoms with Crippen LogP contribution in [0.5, 0.6) is 0 Å². The van der Waals surface area contributed by atoms with Crippen LogP contribution in [0.25, 0.3) is 0 Å². The van der Waals surface area contributed by atoms with Gasteiger partial charge in [-0.25, -0.2) is 4.79 Å². The number of carbonyl (C=O) groups excluding carboxylic acids is 1. The van der Waals surface area contributed by atoms with Crippen molar-refractivity contribution in [1.82, 2.24) is 10.2 Å². The first-order chi connectivity index (χ1) is 9.63. The molecule has 0 bridgehead atoms. The van der Waals surface area contributed by atoms with Crippen LogP contribution >= 0.6 is 0 Å². The first-order valence-corrected chi connectivity index (χ1v) is 6.96. The Morgan fingerprint density at radius 2 is 2.20 bits per heavy atom. The van der Waals surface area contributed by atoms with Gasteiger partial charge in [0.25, 0.3) is 0 Å². The highest BCUT2D eigenvalue weighted by Gasteiger charge is 2.26. The van der Waals surface area contributed by atoms with Crippen molar-refractivity contribution >= 4 is 11.7 Å². The second kappa shape index (κ2) is 6.61. The highest BCUT2D eigenvalue weighted by Crippen LogP contribution is 2.25. The van der Waals surface area contributed by atoms with Gasteiger partial charge in [-0.15, -0.1) is 0 Å². The number of ether oxygens (including phenoxy) is 1. The average Bonchev–Trinajstić information content (AvgIpc) is 2.56. The van der Waals surface area contributed by atoms with Gasteiger partial charge in [-0.05, 0) is 18.6 Å². The Morgan fingerprint density at radius 1 is 1.45 bits per heavy atom. The lowest BCUT2D eigenvalue weighted by Gasteiger charge is -2.28. The molecule has 1 atom stereocenters. The standard InChI is InChI=1S/C15H23N3O2/c1-12-10-17(2)14-7-5-4-6-13(14)11-18(12)15(19)16-8-9-20-3/h4-7,12H,8-11H2,1-3H3,(H,16,19). The van der Waals surface area contributed by atoms with Crippen molar-refractivity contribution in [2.45, 2.75) is 19.5 Å². The number of rotatable bonds is 3. The molecule has 5 heteroatoms.